The monoisotopic (exact) mass is 342 g/mol. The van der Waals surface area contributed by atoms with Gasteiger partial charge in [0.15, 0.2) is 0 Å². The van der Waals surface area contributed by atoms with Crippen molar-refractivity contribution in [2.45, 2.75) is 19.4 Å². The van der Waals surface area contributed by atoms with Crippen LogP contribution in [-0.4, -0.2) is 45.9 Å². The maximum absolute atomic E-state index is 12.7. The topological polar surface area (TPSA) is 49.6 Å². The van der Waals surface area contributed by atoms with Crippen LogP contribution in [0.5, 0.6) is 0 Å². The van der Waals surface area contributed by atoms with Gasteiger partial charge in [-0.25, -0.2) is 4.98 Å². The molecule has 1 N–H and O–H groups in total. The predicted octanol–water partition coefficient (Wildman–Crippen LogP) is 1.92. The SMILES string of the molecule is Cc1cn2cccc(C(=O)N3C[C@@H]4CCN[C@@H]4C3)c2n1.Cl.Cl. The molecular weight excluding hydrogens is 323 g/mol. The van der Waals surface area contributed by atoms with Crippen LogP contribution in [0.1, 0.15) is 22.5 Å². The molecule has 1 amide bonds. The second kappa shape index (κ2) is 6.44. The normalized spacial score (nSPS) is 23.0. The minimum atomic E-state index is 0. The zero-order valence-electron chi connectivity index (χ0n) is 12.4. The standard InChI is InChI=1S/C15H18N4O.2ClH/c1-10-7-18-6-2-3-12(14(18)17-10)15(20)19-8-11-4-5-16-13(11)9-19;;/h2-3,6-7,11,13,16H,4-5,8-9H2,1H3;2*1H/t11-,13+;;/m0../s1. The molecule has 2 fully saturated rings. The number of nitrogens with zero attached hydrogens (tertiary/aromatic N) is 3. The first-order valence-corrected chi connectivity index (χ1v) is 7.19. The second-order valence-electron chi connectivity index (χ2n) is 5.85. The molecule has 7 heteroatoms. The Labute approximate surface area is 141 Å². The summed E-state index contributed by atoms with van der Waals surface area (Å²) in [5.41, 5.74) is 2.41. The Morgan fingerprint density at radius 3 is 2.95 bits per heavy atom. The van der Waals surface area contributed by atoms with Crippen molar-refractivity contribution >= 4 is 36.4 Å². The average Bonchev–Trinajstić information content (AvgIpc) is 3.08. The van der Waals surface area contributed by atoms with E-state index in [-0.39, 0.29) is 30.7 Å². The summed E-state index contributed by atoms with van der Waals surface area (Å²) in [7, 11) is 0. The molecule has 4 rings (SSSR count). The van der Waals surface area contributed by atoms with Crippen molar-refractivity contribution in [3.8, 4) is 0 Å². The van der Waals surface area contributed by atoms with Gasteiger partial charge in [0.05, 0.1) is 11.3 Å². The number of aryl methyl sites for hydroxylation is 1. The van der Waals surface area contributed by atoms with E-state index in [2.05, 4.69) is 10.3 Å². The first-order chi connectivity index (χ1) is 9.72. The summed E-state index contributed by atoms with van der Waals surface area (Å²) in [6, 6.07) is 4.28. The van der Waals surface area contributed by atoms with Gasteiger partial charge < -0.3 is 14.6 Å². The van der Waals surface area contributed by atoms with Gasteiger partial charge in [-0.15, -0.1) is 24.8 Å². The third-order valence-electron chi connectivity index (χ3n) is 4.48. The van der Waals surface area contributed by atoms with Crippen molar-refractivity contribution in [2.75, 3.05) is 19.6 Å². The van der Waals surface area contributed by atoms with E-state index in [4.69, 9.17) is 0 Å². The van der Waals surface area contributed by atoms with Crippen molar-refractivity contribution in [3.05, 3.63) is 35.8 Å². The van der Waals surface area contributed by atoms with E-state index < -0.39 is 0 Å². The summed E-state index contributed by atoms with van der Waals surface area (Å²) >= 11 is 0. The lowest BCUT2D eigenvalue weighted by molar-refractivity contribution is 0.0784. The van der Waals surface area contributed by atoms with Gasteiger partial charge in [0.25, 0.3) is 5.91 Å². The third-order valence-corrected chi connectivity index (χ3v) is 4.48. The van der Waals surface area contributed by atoms with E-state index in [1.165, 1.54) is 6.42 Å². The average molecular weight is 343 g/mol. The van der Waals surface area contributed by atoms with Crippen molar-refractivity contribution in [2.24, 2.45) is 5.92 Å². The van der Waals surface area contributed by atoms with E-state index in [1.807, 2.05) is 40.8 Å². The summed E-state index contributed by atoms with van der Waals surface area (Å²) in [5, 5.41) is 3.48. The van der Waals surface area contributed by atoms with Crippen LogP contribution >= 0.6 is 24.8 Å². The number of pyridine rings is 1. The van der Waals surface area contributed by atoms with Crippen LogP contribution < -0.4 is 5.32 Å². The largest absolute Gasteiger partial charge is 0.337 e. The number of amides is 1. The van der Waals surface area contributed by atoms with Gasteiger partial charge in [0.2, 0.25) is 0 Å². The fourth-order valence-electron chi connectivity index (χ4n) is 3.49. The Morgan fingerprint density at radius 2 is 2.18 bits per heavy atom. The number of imidazole rings is 1. The van der Waals surface area contributed by atoms with E-state index in [9.17, 15) is 4.79 Å². The summed E-state index contributed by atoms with van der Waals surface area (Å²) < 4.78 is 1.93. The second-order valence-corrected chi connectivity index (χ2v) is 5.85. The fourth-order valence-corrected chi connectivity index (χ4v) is 3.49. The summed E-state index contributed by atoms with van der Waals surface area (Å²) in [6.45, 7) is 4.74. The molecule has 0 radical (unpaired) electrons. The van der Waals surface area contributed by atoms with Gasteiger partial charge in [-0.1, -0.05) is 0 Å². The molecule has 2 aromatic rings. The summed E-state index contributed by atoms with van der Waals surface area (Å²) in [6.07, 6.45) is 5.07. The smallest absolute Gasteiger partial charge is 0.257 e. The number of carbonyl (C=O) groups excluding carboxylic acids is 1. The predicted molar refractivity (Wildman–Crippen MR) is 90.2 cm³/mol. The Hall–Kier alpha value is -1.30. The molecule has 0 aliphatic carbocycles. The number of rotatable bonds is 1. The molecule has 0 bridgehead atoms. The van der Waals surface area contributed by atoms with Crippen LogP contribution in [0.3, 0.4) is 0 Å². The first-order valence-electron chi connectivity index (χ1n) is 7.19. The van der Waals surface area contributed by atoms with Crippen LogP contribution in [0.4, 0.5) is 0 Å². The lowest BCUT2D eigenvalue weighted by Gasteiger charge is -2.17. The highest BCUT2D eigenvalue weighted by atomic mass is 35.5. The molecular formula is C15H20Cl2N4O. The third kappa shape index (κ3) is 2.69. The Morgan fingerprint density at radius 1 is 1.36 bits per heavy atom. The Kier molecular flexibility index (Phi) is 5.00. The van der Waals surface area contributed by atoms with E-state index in [0.717, 1.165) is 31.0 Å². The van der Waals surface area contributed by atoms with E-state index >= 15 is 0 Å². The van der Waals surface area contributed by atoms with Crippen LogP contribution in [0.2, 0.25) is 0 Å². The molecule has 0 aromatic carbocycles. The van der Waals surface area contributed by atoms with Gasteiger partial charge >= 0.3 is 0 Å². The molecule has 0 saturated carbocycles. The van der Waals surface area contributed by atoms with Gasteiger partial charge in [0, 0.05) is 31.5 Å². The van der Waals surface area contributed by atoms with Crippen LogP contribution in [0.15, 0.2) is 24.5 Å². The quantitative estimate of drug-likeness (QED) is 0.861. The molecule has 2 atom stereocenters. The van der Waals surface area contributed by atoms with E-state index in [1.54, 1.807) is 0 Å². The number of hydrogen-bond donors (Lipinski definition) is 1. The molecule has 5 nitrogen and oxygen atoms in total. The van der Waals surface area contributed by atoms with Crippen LogP contribution in [-0.2, 0) is 0 Å². The van der Waals surface area contributed by atoms with Crippen LogP contribution in [0.25, 0.3) is 5.65 Å². The maximum Gasteiger partial charge on any atom is 0.257 e. The van der Waals surface area contributed by atoms with Gasteiger partial charge in [-0.3, -0.25) is 4.79 Å². The number of nitrogens with one attached hydrogen (secondary N) is 1. The molecule has 2 saturated heterocycles. The molecule has 4 heterocycles. The van der Waals surface area contributed by atoms with Crippen molar-refractivity contribution in [3.63, 3.8) is 0 Å². The van der Waals surface area contributed by atoms with Crippen LogP contribution in [0, 0.1) is 12.8 Å². The fraction of sp³-hybridized carbons (Fsp3) is 0.467. The van der Waals surface area contributed by atoms with Gasteiger partial charge in [-0.05, 0) is 37.9 Å². The highest BCUT2D eigenvalue weighted by Gasteiger charge is 2.38. The summed E-state index contributed by atoms with van der Waals surface area (Å²) in [4.78, 5) is 19.2. The number of likely N-dealkylation sites (tertiary alicyclic amines) is 1. The zero-order chi connectivity index (χ0) is 13.7. The van der Waals surface area contributed by atoms with Crippen molar-refractivity contribution < 1.29 is 4.79 Å². The zero-order valence-corrected chi connectivity index (χ0v) is 14.0. The summed E-state index contributed by atoms with van der Waals surface area (Å²) in [5.74, 6) is 0.734. The number of fused-ring (bicyclic) bond motifs is 2. The highest BCUT2D eigenvalue weighted by molar-refractivity contribution is 6.00. The lowest BCUT2D eigenvalue weighted by atomic mass is 10.1. The van der Waals surface area contributed by atoms with E-state index in [0.29, 0.717) is 17.5 Å². The molecule has 120 valence electrons. The molecule has 2 aliphatic heterocycles. The molecule has 22 heavy (non-hydrogen) atoms. The maximum atomic E-state index is 12.7. The minimum Gasteiger partial charge on any atom is -0.337 e. The first kappa shape index (κ1) is 17.1. The lowest BCUT2D eigenvalue weighted by Crippen LogP contribution is -2.34. The highest BCUT2D eigenvalue weighted by Crippen LogP contribution is 2.26. The minimum absolute atomic E-state index is 0. The van der Waals surface area contributed by atoms with Crippen molar-refractivity contribution in [1.82, 2.24) is 19.6 Å². The van der Waals surface area contributed by atoms with Crippen molar-refractivity contribution in [1.29, 1.82) is 0 Å². The van der Waals surface area contributed by atoms with Gasteiger partial charge in [0.1, 0.15) is 5.65 Å². The molecule has 2 aromatic heterocycles. The number of hydrogen-bond acceptors (Lipinski definition) is 3. The number of halogens is 2. The molecule has 0 unspecified atom stereocenters. The number of aromatic nitrogens is 2. The molecule has 2 aliphatic rings. The Bertz CT molecular complexity index is 675. The molecule has 0 spiro atoms. The number of carbonyl (C=O) groups is 1. The van der Waals surface area contributed by atoms with Gasteiger partial charge in [-0.2, -0.15) is 0 Å². The Balaban J connectivity index is 0.000000882.